The number of halogens is 1. The number of aromatic hydroxyl groups is 1. The highest BCUT2D eigenvalue weighted by molar-refractivity contribution is 6.31. The zero-order valence-corrected chi connectivity index (χ0v) is 8.43. The lowest BCUT2D eigenvalue weighted by atomic mass is 9.79. The Hall–Kier alpha value is -0.690. The van der Waals surface area contributed by atoms with Gasteiger partial charge < -0.3 is 5.11 Å². The van der Waals surface area contributed by atoms with Gasteiger partial charge in [0.15, 0.2) is 0 Å². The van der Waals surface area contributed by atoms with Gasteiger partial charge in [0.25, 0.3) is 0 Å². The smallest absolute Gasteiger partial charge is 0.119 e. The molecule has 1 fully saturated rings. The molecule has 13 heavy (non-hydrogen) atoms. The molecular formula is C11H13ClO. The number of hydrogen-bond acceptors (Lipinski definition) is 1. The largest absolute Gasteiger partial charge is 0.508 e. The Morgan fingerprint density at radius 1 is 1.38 bits per heavy atom. The zero-order chi connectivity index (χ0) is 9.42. The summed E-state index contributed by atoms with van der Waals surface area (Å²) < 4.78 is 0. The Bertz CT molecular complexity index is 329. The Morgan fingerprint density at radius 3 is 2.62 bits per heavy atom. The van der Waals surface area contributed by atoms with Crippen LogP contribution >= 0.6 is 11.6 Å². The van der Waals surface area contributed by atoms with Crippen molar-refractivity contribution in [3.8, 4) is 5.75 Å². The van der Waals surface area contributed by atoms with E-state index in [0.717, 1.165) is 16.1 Å². The third-order valence-corrected chi connectivity index (χ3v) is 3.26. The van der Waals surface area contributed by atoms with E-state index in [1.54, 1.807) is 6.07 Å². The van der Waals surface area contributed by atoms with Crippen LogP contribution in [0.3, 0.4) is 0 Å². The lowest BCUT2D eigenvalue weighted by molar-refractivity contribution is 0.393. The van der Waals surface area contributed by atoms with Crippen LogP contribution in [0.4, 0.5) is 0 Å². The second-order valence-electron chi connectivity index (χ2n) is 3.79. The van der Waals surface area contributed by atoms with Crippen LogP contribution in [0.5, 0.6) is 5.75 Å². The van der Waals surface area contributed by atoms with Gasteiger partial charge in [-0.3, -0.25) is 0 Å². The molecule has 1 aliphatic carbocycles. The summed E-state index contributed by atoms with van der Waals surface area (Å²) >= 11 is 6.00. The predicted molar refractivity (Wildman–Crippen MR) is 54.4 cm³/mol. The van der Waals surface area contributed by atoms with Gasteiger partial charge in [-0.05, 0) is 48.9 Å². The van der Waals surface area contributed by atoms with E-state index in [-0.39, 0.29) is 0 Å². The fourth-order valence-corrected chi connectivity index (χ4v) is 1.90. The van der Waals surface area contributed by atoms with Crippen molar-refractivity contribution in [2.24, 2.45) is 0 Å². The topological polar surface area (TPSA) is 20.2 Å². The van der Waals surface area contributed by atoms with E-state index in [1.807, 2.05) is 13.0 Å². The molecule has 1 N–H and O–H groups in total. The second-order valence-corrected chi connectivity index (χ2v) is 4.20. The minimum Gasteiger partial charge on any atom is -0.508 e. The maximum atomic E-state index is 9.69. The molecule has 1 aromatic carbocycles. The molecule has 1 aromatic rings. The van der Waals surface area contributed by atoms with E-state index in [0.29, 0.717) is 11.7 Å². The average molecular weight is 197 g/mol. The van der Waals surface area contributed by atoms with Crippen molar-refractivity contribution in [2.75, 3.05) is 0 Å². The van der Waals surface area contributed by atoms with Crippen molar-refractivity contribution < 1.29 is 5.11 Å². The maximum Gasteiger partial charge on any atom is 0.119 e. The summed E-state index contributed by atoms with van der Waals surface area (Å²) in [4.78, 5) is 0. The molecule has 0 heterocycles. The zero-order valence-electron chi connectivity index (χ0n) is 7.68. The first-order valence-corrected chi connectivity index (χ1v) is 5.05. The number of rotatable bonds is 1. The van der Waals surface area contributed by atoms with Gasteiger partial charge in [-0.15, -0.1) is 0 Å². The predicted octanol–water partition coefficient (Wildman–Crippen LogP) is 3.62. The van der Waals surface area contributed by atoms with Crippen LogP contribution in [0.15, 0.2) is 12.1 Å². The third-order valence-electron chi connectivity index (χ3n) is 2.85. The standard InChI is InChI=1S/C11H13ClO/c1-7-5-11(13)9(6-10(7)12)8-3-2-4-8/h5-6,8,13H,2-4H2,1H3. The molecule has 0 aliphatic heterocycles. The van der Waals surface area contributed by atoms with E-state index in [4.69, 9.17) is 11.6 Å². The number of aryl methyl sites for hydroxylation is 1. The van der Waals surface area contributed by atoms with E-state index in [9.17, 15) is 5.11 Å². The van der Waals surface area contributed by atoms with Crippen LogP contribution in [0.25, 0.3) is 0 Å². The van der Waals surface area contributed by atoms with Crippen molar-refractivity contribution in [2.45, 2.75) is 32.1 Å². The molecule has 0 amide bonds. The Balaban J connectivity index is 2.39. The number of hydrogen-bond donors (Lipinski definition) is 1. The van der Waals surface area contributed by atoms with Crippen LogP contribution in [0, 0.1) is 6.92 Å². The minimum atomic E-state index is 0.409. The molecule has 0 radical (unpaired) electrons. The van der Waals surface area contributed by atoms with E-state index in [1.165, 1.54) is 19.3 Å². The van der Waals surface area contributed by atoms with Crippen LogP contribution in [-0.2, 0) is 0 Å². The number of phenolic OH excluding ortho intramolecular Hbond substituents is 1. The lowest BCUT2D eigenvalue weighted by Crippen LogP contribution is -2.08. The highest BCUT2D eigenvalue weighted by Crippen LogP contribution is 2.42. The van der Waals surface area contributed by atoms with E-state index in [2.05, 4.69) is 0 Å². The number of benzene rings is 1. The average Bonchev–Trinajstić information content (AvgIpc) is 1.96. The highest BCUT2D eigenvalue weighted by Gasteiger charge is 2.22. The minimum absolute atomic E-state index is 0.409. The first kappa shape index (κ1) is 8.89. The Kier molecular flexibility index (Phi) is 2.20. The molecule has 2 heteroatoms. The Morgan fingerprint density at radius 2 is 2.08 bits per heavy atom. The summed E-state index contributed by atoms with van der Waals surface area (Å²) in [7, 11) is 0. The molecular weight excluding hydrogens is 184 g/mol. The van der Waals surface area contributed by atoms with Gasteiger partial charge in [-0.1, -0.05) is 18.0 Å². The second kappa shape index (κ2) is 3.22. The van der Waals surface area contributed by atoms with Gasteiger partial charge in [-0.25, -0.2) is 0 Å². The molecule has 70 valence electrons. The van der Waals surface area contributed by atoms with Crippen molar-refractivity contribution in [1.29, 1.82) is 0 Å². The molecule has 0 spiro atoms. The molecule has 1 nitrogen and oxygen atoms in total. The first-order valence-electron chi connectivity index (χ1n) is 4.67. The lowest BCUT2D eigenvalue weighted by Gasteiger charge is -2.26. The number of phenols is 1. The normalized spacial score (nSPS) is 17.1. The molecule has 0 unspecified atom stereocenters. The summed E-state index contributed by atoms with van der Waals surface area (Å²) in [5.74, 6) is 0.949. The summed E-state index contributed by atoms with van der Waals surface area (Å²) in [6.07, 6.45) is 3.65. The van der Waals surface area contributed by atoms with Gasteiger partial charge in [0.05, 0.1) is 0 Å². The SMILES string of the molecule is Cc1cc(O)c(C2CCC2)cc1Cl. The van der Waals surface area contributed by atoms with Crippen LogP contribution in [0.2, 0.25) is 5.02 Å². The summed E-state index contributed by atoms with van der Waals surface area (Å²) in [6, 6.07) is 3.67. The van der Waals surface area contributed by atoms with Crippen LogP contribution in [-0.4, -0.2) is 5.11 Å². The summed E-state index contributed by atoms with van der Waals surface area (Å²) in [5, 5.41) is 10.5. The van der Waals surface area contributed by atoms with E-state index >= 15 is 0 Å². The van der Waals surface area contributed by atoms with Gasteiger partial charge in [-0.2, -0.15) is 0 Å². The maximum absolute atomic E-state index is 9.69. The van der Waals surface area contributed by atoms with E-state index < -0.39 is 0 Å². The van der Waals surface area contributed by atoms with Crippen molar-refractivity contribution in [1.82, 2.24) is 0 Å². The third kappa shape index (κ3) is 1.53. The van der Waals surface area contributed by atoms with Gasteiger partial charge in [0, 0.05) is 5.02 Å². The first-order chi connectivity index (χ1) is 6.18. The summed E-state index contributed by atoms with van der Waals surface area (Å²) in [6.45, 7) is 1.91. The molecule has 0 saturated heterocycles. The molecule has 0 aromatic heterocycles. The molecule has 0 atom stereocenters. The van der Waals surface area contributed by atoms with Crippen molar-refractivity contribution >= 4 is 11.6 Å². The van der Waals surface area contributed by atoms with Gasteiger partial charge >= 0.3 is 0 Å². The summed E-state index contributed by atoms with van der Waals surface area (Å²) in [5.41, 5.74) is 1.98. The Labute approximate surface area is 83.3 Å². The molecule has 1 aliphatic rings. The van der Waals surface area contributed by atoms with Crippen LogP contribution < -0.4 is 0 Å². The fourth-order valence-electron chi connectivity index (χ4n) is 1.73. The highest BCUT2D eigenvalue weighted by atomic mass is 35.5. The molecule has 2 rings (SSSR count). The van der Waals surface area contributed by atoms with Crippen molar-refractivity contribution in [3.63, 3.8) is 0 Å². The fraction of sp³-hybridized carbons (Fsp3) is 0.455. The van der Waals surface area contributed by atoms with Crippen LogP contribution in [0.1, 0.15) is 36.3 Å². The monoisotopic (exact) mass is 196 g/mol. The van der Waals surface area contributed by atoms with Gasteiger partial charge in [0.1, 0.15) is 5.75 Å². The molecule has 1 saturated carbocycles. The van der Waals surface area contributed by atoms with Crippen molar-refractivity contribution in [3.05, 3.63) is 28.3 Å². The quantitative estimate of drug-likeness (QED) is 0.728. The molecule has 0 bridgehead atoms. The van der Waals surface area contributed by atoms with Gasteiger partial charge in [0.2, 0.25) is 0 Å².